The van der Waals surface area contributed by atoms with Crippen LogP contribution in [-0.4, -0.2) is 24.2 Å². The Bertz CT molecular complexity index is 418. The first-order valence-electron chi connectivity index (χ1n) is 6.83. The van der Waals surface area contributed by atoms with Crippen LogP contribution in [0.2, 0.25) is 0 Å². The molecule has 1 atom stereocenters. The van der Waals surface area contributed by atoms with Crippen LogP contribution in [0.15, 0.2) is 12.1 Å². The fraction of sp³-hybridized carbons (Fsp3) is 0.600. The van der Waals surface area contributed by atoms with Gasteiger partial charge in [0.25, 0.3) is 0 Å². The van der Waals surface area contributed by atoms with E-state index in [9.17, 15) is 4.79 Å². The number of aromatic nitrogens is 1. The molecule has 0 radical (unpaired) electrons. The Morgan fingerprint density at radius 2 is 2.11 bits per heavy atom. The quantitative estimate of drug-likeness (QED) is 0.711. The maximum absolute atomic E-state index is 11.7. The van der Waals surface area contributed by atoms with Gasteiger partial charge in [0.05, 0.1) is 12.8 Å². The van der Waals surface area contributed by atoms with Crippen molar-refractivity contribution in [3.05, 3.63) is 23.5 Å². The third-order valence-electron chi connectivity index (χ3n) is 2.96. The van der Waals surface area contributed by atoms with E-state index in [0.29, 0.717) is 12.2 Å². The second-order valence-corrected chi connectivity index (χ2v) is 4.52. The number of rotatable bonds is 7. The molecule has 4 nitrogen and oxygen atoms in total. The Kier molecular flexibility index (Phi) is 6.33. The highest BCUT2D eigenvalue weighted by Gasteiger charge is 2.21. The van der Waals surface area contributed by atoms with Crippen molar-refractivity contribution in [3.63, 3.8) is 0 Å². The number of ether oxygens (including phenoxy) is 2. The van der Waals surface area contributed by atoms with Gasteiger partial charge in [0.2, 0.25) is 0 Å². The van der Waals surface area contributed by atoms with E-state index in [-0.39, 0.29) is 5.97 Å². The van der Waals surface area contributed by atoms with Gasteiger partial charge in [-0.2, -0.15) is 0 Å². The van der Waals surface area contributed by atoms with Crippen LogP contribution in [0.1, 0.15) is 44.5 Å². The molecular formula is C15H23NO3. The largest absolute Gasteiger partial charge is 0.477 e. The Hall–Kier alpha value is -1.58. The summed E-state index contributed by atoms with van der Waals surface area (Å²) in [6, 6.07) is 3.77. The zero-order valence-corrected chi connectivity index (χ0v) is 12.2. The number of unbranched alkanes of at least 4 members (excludes halogenated alkanes) is 1. The predicted molar refractivity (Wildman–Crippen MR) is 74.3 cm³/mol. The van der Waals surface area contributed by atoms with Crippen molar-refractivity contribution in [2.24, 2.45) is 0 Å². The van der Waals surface area contributed by atoms with E-state index < -0.39 is 6.10 Å². The van der Waals surface area contributed by atoms with Crippen LogP contribution in [0.4, 0.5) is 0 Å². The number of methoxy groups -OCH3 is 1. The molecule has 106 valence electrons. The highest BCUT2D eigenvalue weighted by atomic mass is 16.6. The summed E-state index contributed by atoms with van der Waals surface area (Å²) in [5.41, 5.74) is 1.83. The molecule has 0 aliphatic heterocycles. The SMILES string of the molecule is CCCCC(Oc1ccc(C)nc1CC)C(=O)OC. The van der Waals surface area contributed by atoms with Gasteiger partial charge in [-0.15, -0.1) is 0 Å². The molecule has 1 aromatic heterocycles. The minimum atomic E-state index is -0.542. The Balaban J connectivity index is 2.85. The molecule has 1 unspecified atom stereocenters. The molecule has 0 aliphatic carbocycles. The molecule has 4 heteroatoms. The van der Waals surface area contributed by atoms with Crippen LogP contribution in [-0.2, 0) is 16.0 Å². The first-order valence-corrected chi connectivity index (χ1v) is 6.83. The molecule has 0 bridgehead atoms. The van der Waals surface area contributed by atoms with Crippen LogP contribution in [0, 0.1) is 6.92 Å². The average Bonchev–Trinajstić information content (AvgIpc) is 2.43. The fourth-order valence-electron chi connectivity index (χ4n) is 1.86. The molecule has 0 amide bonds. The maximum Gasteiger partial charge on any atom is 0.347 e. The lowest BCUT2D eigenvalue weighted by Gasteiger charge is -2.18. The standard InChI is InChI=1S/C15H23NO3/c1-5-7-8-14(15(17)18-4)19-13-10-9-11(3)16-12(13)6-2/h9-10,14H,5-8H2,1-4H3. The minimum absolute atomic E-state index is 0.323. The second-order valence-electron chi connectivity index (χ2n) is 4.52. The van der Waals surface area contributed by atoms with E-state index in [1.54, 1.807) is 0 Å². The number of hydrogen-bond donors (Lipinski definition) is 0. The topological polar surface area (TPSA) is 48.4 Å². The lowest BCUT2D eigenvalue weighted by Crippen LogP contribution is -2.29. The molecule has 1 heterocycles. The van der Waals surface area contributed by atoms with Gasteiger partial charge in [-0.05, 0) is 38.3 Å². The van der Waals surface area contributed by atoms with Crippen molar-refractivity contribution in [3.8, 4) is 5.75 Å². The summed E-state index contributed by atoms with van der Waals surface area (Å²) in [6.45, 7) is 6.05. The van der Waals surface area contributed by atoms with E-state index in [1.807, 2.05) is 26.0 Å². The van der Waals surface area contributed by atoms with E-state index in [0.717, 1.165) is 30.7 Å². The monoisotopic (exact) mass is 265 g/mol. The lowest BCUT2D eigenvalue weighted by atomic mass is 10.1. The molecular weight excluding hydrogens is 242 g/mol. The molecule has 1 rings (SSSR count). The number of nitrogens with zero attached hydrogens (tertiary/aromatic N) is 1. The van der Waals surface area contributed by atoms with Gasteiger partial charge >= 0.3 is 5.97 Å². The first kappa shape index (κ1) is 15.5. The Morgan fingerprint density at radius 1 is 1.37 bits per heavy atom. The van der Waals surface area contributed by atoms with Gasteiger partial charge in [0.1, 0.15) is 5.75 Å². The number of hydrogen-bond acceptors (Lipinski definition) is 4. The highest BCUT2D eigenvalue weighted by Crippen LogP contribution is 2.21. The number of aryl methyl sites for hydroxylation is 2. The first-order chi connectivity index (χ1) is 9.12. The van der Waals surface area contributed by atoms with Gasteiger partial charge in [-0.3, -0.25) is 4.98 Å². The summed E-state index contributed by atoms with van der Waals surface area (Å²) in [7, 11) is 1.39. The van der Waals surface area contributed by atoms with E-state index in [4.69, 9.17) is 9.47 Å². The molecule has 0 fully saturated rings. The molecule has 0 N–H and O–H groups in total. The summed E-state index contributed by atoms with van der Waals surface area (Å²) in [4.78, 5) is 16.2. The van der Waals surface area contributed by atoms with Gasteiger partial charge in [0, 0.05) is 5.69 Å². The van der Waals surface area contributed by atoms with E-state index >= 15 is 0 Å². The van der Waals surface area contributed by atoms with Crippen LogP contribution >= 0.6 is 0 Å². The third-order valence-corrected chi connectivity index (χ3v) is 2.96. The summed E-state index contributed by atoms with van der Waals surface area (Å²) in [5.74, 6) is 0.357. The second kappa shape index (κ2) is 7.77. The summed E-state index contributed by atoms with van der Waals surface area (Å²) in [5, 5.41) is 0. The van der Waals surface area contributed by atoms with Crippen LogP contribution in [0.5, 0.6) is 5.75 Å². The van der Waals surface area contributed by atoms with Crippen molar-refractivity contribution < 1.29 is 14.3 Å². The Morgan fingerprint density at radius 3 is 2.68 bits per heavy atom. The van der Waals surface area contributed by atoms with Crippen molar-refractivity contribution in [2.45, 2.75) is 52.6 Å². The molecule has 0 spiro atoms. The minimum Gasteiger partial charge on any atom is -0.477 e. The van der Waals surface area contributed by atoms with Gasteiger partial charge in [-0.25, -0.2) is 4.79 Å². The van der Waals surface area contributed by atoms with Crippen molar-refractivity contribution in [1.29, 1.82) is 0 Å². The number of esters is 1. The Labute approximate surface area is 115 Å². The van der Waals surface area contributed by atoms with Gasteiger partial charge < -0.3 is 9.47 Å². The average molecular weight is 265 g/mol. The molecule has 0 saturated heterocycles. The molecule has 0 aliphatic rings. The van der Waals surface area contributed by atoms with Gasteiger partial charge in [-0.1, -0.05) is 20.3 Å². The smallest absolute Gasteiger partial charge is 0.347 e. The zero-order chi connectivity index (χ0) is 14.3. The van der Waals surface area contributed by atoms with E-state index in [1.165, 1.54) is 7.11 Å². The fourth-order valence-corrected chi connectivity index (χ4v) is 1.86. The molecule has 0 aromatic carbocycles. The van der Waals surface area contributed by atoms with Crippen LogP contribution in [0.3, 0.4) is 0 Å². The van der Waals surface area contributed by atoms with Gasteiger partial charge in [0.15, 0.2) is 6.10 Å². The van der Waals surface area contributed by atoms with Crippen molar-refractivity contribution in [2.75, 3.05) is 7.11 Å². The summed E-state index contributed by atoms with van der Waals surface area (Å²) in [6.07, 6.45) is 2.85. The van der Waals surface area contributed by atoms with Crippen LogP contribution in [0.25, 0.3) is 0 Å². The highest BCUT2D eigenvalue weighted by molar-refractivity contribution is 5.74. The normalized spacial score (nSPS) is 12.0. The van der Waals surface area contributed by atoms with Crippen molar-refractivity contribution in [1.82, 2.24) is 4.98 Å². The summed E-state index contributed by atoms with van der Waals surface area (Å²) >= 11 is 0. The predicted octanol–water partition coefficient (Wildman–Crippen LogP) is 3.06. The third kappa shape index (κ3) is 4.54. The molecule has 0 saturated carbocycles. The summed E-state index contributed by atoms with van der Waals surface area (Å²) < 4.78 is 10.6. The number of pyridine rings is 1. The van der Waals surface area contributed by atoms with Crippen LogP contribution < -0.4 is 4.74 Å². The number of carbonyl (C=O) groups excluding carboxylic acids is 1. The molecule has 19 heavy (non-hydrogen) atoms. The zero-order valence-electron chi connectivity index (χ0n) is 12.2. The van der Waals surface area contributed by atoms with E-state index in [2.05, 4.69) is 11.9 Å². The van der Waals surface area contributed by atoms with Crippen molar-refractivity contribution >= 4 is 5.97 Å². The maximum atomic E-state index is 11.7. The molecule has 1 aromatic rings. The lowest BCUT2D eigenvalue weighted by molar-refractivity contribution is -0.149. The number of carbonyl (C=O) groups is 1.